The van der Waals surface area contributed by atoms with Gasteiger partial charge in [-0.15, -0.1) is 0 Å². The van der Waals surface area contributed by atoms with Gasteiger partial charge in [0.2, 0.25) is 5.91 Å². The number of nitrogens with one attached hydrogen (secondary N) is 1. The van der Waals surface area contributed by atoms with E-state index in [0.29, 0.717) is 5.69 Å². The average Bonchev–Trinajstić information content (AvgIpc) is 2.45. The Bertz CT molecular complexity index is 744. The first-order valence-corrected chi connectivity index (χ1v) is 7.04. The Labute approximate surface area is 133 Å². The molecule has 114 valence electrons. The predicted molar refractivity (Wildman–Crippen MR) is 86.4 cm³/mol. The first-order valence-electron chi connectivity index (χ1n) is 6.67. The van der Waals surface area contributed by atoms with E-state index < -0.39 is 4.92 Å². The number of nitro groups is 1. The minimum atomic E-state index is -0.535. The number of hydrogen-bond acceptors (Lipinski definition) is 3. The van der Waals surface area contributed by atoms with Gasteiger partial charge in [0, 0.05) is 12.1 Å². The molecule has 1 amide bonds. The highest BCUT2D eigenvalue weighted by Gasteiger charge is 2.12. The standard InChI is InChI=1S/C16H15ClN2O3/c1-10-3-4-12(7-11(10)2)8-16(20)18-15-6-5-13(19(21)22)9-14(15)17/h3-7,9H,8H2,1-2H3,(H,18,20). The van der Waals surface area contributed by atoms with Crippen LogP contribution in [-0.4, -0.2) is 10.8 Å². The molecular formula is C16H15ClN2O3. The van der Waals surface area contributed by atoms with Gasteiger partial charge < -0.3 is 5.32 Å². The zero-order chi connectivity index (χ0) is 16.3. The molecule has 2 aromatic rings. The molecule has 5 nitrogen and oxygen atoms in total. The van der Waals surface area contributed by atoms with Gasteiger partial charge in [-0.2, -0.15) is 0 Å². The summed E-state index contributed by atoms with van der Waals surface area (Å²) in [6, 6.07) is 9.78. The van der Waals surface area contributed by atoms with Gasteiger partial charge in [0.05, 0.1) is 22.1 Å². The summed E-state index contributed by atoms with van der Waals surface area (Å²) in [5.74, 6) is -0.223. The van der Waals surface area contributed by atoms with Crippen molar-refractivity contribution in [3.05, 3.63) is 68.2 Å². The molecule has 2 aromatic carbocycles. The van der Waals surface area contributed by atoms with E-state index >= 15 is 0 Å². The number of carbonyl (C=O) groups is 1. The van der Waals surface area contributed by atoms with Gasteiger partial charge in [-0.25, -0.2) is 0 Å². The van der Waals surface area contributed by atoms with Gasteiger partial charge >= 0.3 is 0 Å². The summed E-state index contributed by atoms with van der Waals surface area (Å²) in [6.45, 7) is 4.00. The van der Waals surface area contributed by atoms with Crippen LogP contribution in [0.3, 0.4) is 0 Å². The van der Waals surface area contributed by atoms with Crippen LogP contribution in [0.25, 0.3) is 0 Å². The molecule has 0 aliphatic heterocycles. The number of hydrogen-bond donors (Lipinski definition) is 1. The number of aryl methyl sites for hydroxylation is 2. The van der Waals surface area contributed by atoms with Crippen LogP contribution in [0.4, 0.5) is 11.4 Å². The second kappa shape index (κ2) is 6.58. The molecular weight excluding hydrogens is 304 g/mol. The van der Waals surface area contributed by atoms with Crippen molar-refractivity contribution in [3.63, 3.8) is 0 Å². The summed E-state index contributed by atoms with van der Waals surface area (Å²) in [4.78, 5) is 22.2. The van der Waals surface area contributed by atoms with E-state index in [9.17, 15) is 14.9 Å². The first-order chi connectivity index (χ1) is 10.4. The lowest BCUT2D eigenvalue weighted by molar-refractivity contribution is -0.384. The van der Waals surface area contributed by atoms with E-state index in [2.05, 4.69) is 5.32 Å². The van der Waals surface area contributed by atoms with Gasteiger partial charge in [-0.05, 0) is 36.6 Å². The van der Waals surface area contributed by atoms with Crippen molar-refractivity contribution >= 4 is 28.9 Å². The second-order valence-corrected chi connectivity index (χ2v) is 5.47. The van der Waals surface area contributed by atoms with Crippen molar-refractivity contribution in [2.24, 2.45) is 0 Å². The van der Waals surface area contributed by atoms with Crippen molar-refractivity contribution in [1.82, 2.24) is 0 Å². The molecule has 6 heteroatoms. The Morgan fingerprint density at radius 1 is 1.18 bits per heavy atom. The largest absolute Gasteiger partial charge is 0.324 e. The maximum atomic E-state index is 12.0. The Hall–Kier alpha value is -2.40. The Morgan fingerprint density at radius 3 is 2.50 bits per heavy atom. The van der Waals surface area contributed by atoms with Crippen molar-refractivity contribution in [2.75, 3.05) is 5.32 Å². The molecule has 0 radical (unpaired) electrons. The smallest absolute Gasteiger partial charge is 0.271 e. The highest BCUT2D eigenvalue weighted by molar-refractivity contribution is 6.34. The molecule has 0 saturated heterocycles. The van der Waals surface area contributed by atoms with Crippen LogP contribution >= 0.6 is 11.6 Å². The van der Waals surface area contributed by atoms with Crippen molar-refractivity contribution in [2.45, 2.75) is 20.3 Å². The average molecular weight is 319 g/mol. The number of amides is 1. The minimum absolute atomic E-state index is 0.114. The third-order valence-electron chi connectivity index (χ3n) is 3.37. The third kappa shape index (κ3) is 3.83. The number of non-ortho nitro benzene ring substituents is 1. The van der Waals surface area contributed by atoms with Crippen LogP contribution in [0.2, 0.25) is 5.02 Å². The lowest BCUT2D eigenvalue weighted by Crippen LogP contribution is -2.14. The predicted octanol–water partition coefficient (Wildman–Crippen LogP) is 4.05. The number of anilines is 1. The van der Waals surface area contributed by atoms with Gasteiger partial charge in [-0.3, -0.25) is 14.9 Å². The van der Waals surface area contributed by atoms with E-state index in [1.54, 1.807) is 0 Å². The lowest BCUT2D eigenvalue weighted by atomic mass is 10.0. The maximum absolute atomic E-state index is 12.0. The molecule has 0 heterocycles. The summed E-state index contributed by atoms with van der Waals surface area (Å²) in [7, 11) is 0. The fourth-order valence-electron chi connectivity index (χ4n) is 2.01. The first kappa shape index (κ1) is 16.0. The van der Waals surface area contributed by atoms with E-state index in [1.165, 1.54) is 23.8 Å². The number of carbonyl (C=O) groups excluding carboxylic acids is 1. The maximum Gasteiger partial charge on any atom is 0.271 e. The van der Waals surface area contributed by atoms with Gasteiger partial charge in [-0.1, -0.05) is 29.8 Å². The Morgan fingerprint density at radius 2 is 1.91 bits per heavy atom. The molecule has 0 aromatic heterocycles. The molecule has 2 rings (SSSR count). The number of halogens is 1. The highest BCUT2D eigenvalue weighted by Crippen LogP contribution is 2.26. The molecule has 0 bridgehead atoms. The SMILES string of the molecule is Cc1ccc(CC(=O)Nc2ccc([N+](=O)[O-])cc2Cl)cc1C. The molecule has 0 spiro atoms. The highest BCUT2D eigenvalue weighted by atomic mass is 35.5. The summed E-state index contributed by atoms with van der Waals surface area (Å²) >= 11 is 5.95. The summed E-state index contributed by atoms with van der Waals surface area (Å²) in [6.07, 6.45) is 0.217. The second-order valence-electron chi connectivity index (χ2n) is 5.06. The van der Waals surface area contributed by atoms with Crippen LogP contribution in [0, 0.1) is 24.0 Å². The van der Waals surface area contributed by atoms with Crippen LogP contribution in [0.15, 0.2) is 36.4 Å². The fourth-order valence-corrected chi connectivity index (χ4v) is 2.23. The van der Waals surface area contributed by atoms with Crippen LogP contribution in [0.1, 0.15) is 16.7 Å². The van der Waals surface area contributed by atoms with Crippen molar-refractivity contribution < 1.29 is 9.72 Å². The van der Waals surface area contributed by atoms with E-state index in [0.717, 1.165) is 11.1 Å². The zero-order valence-corrected chi connectivity index (χ0v) is 13.0. The van der Waals surface area contributed by atoms with Gasteiger partial charge in [0.25, 0.3) is 5.69 Å². The molecule has 0 aliphatic rings. The lowest BCUT2D eigenvalue weighted by Gasteiger charge is -2.08. The molecule has 22 heavy (non-hydrogen) atoms. The van der Waals surface area contributed by atoms with E-state index in [-0.39, 0.29) is 23.0 Å². The van der Waals surface area contributed by atoms with E-state index in [1.807, 2.05) is 32.0 Å². The van der Waals surface area contributed by atoms with Gasteiger partial charge in [0.15, 0.2) is 0 Å². The molecule has 0 atom stereocenters. The van der Waals surface area contributed by atoms with E-state index in [4.69, 9.17) is 11.6 Å². The summed E-state index contributed by atoms with van der Waals surface area (Å²) in [5.41, 5.74) is 3.44. The molecule has 0 aliphatic carbocycles. The number of nitro benzene ring substituents is 1. The number of nitrogens with zero attached hydrogens (tertiary/aromatic N) is 1. The third-order valence-corrected chi connectivity index (χ3v) is 3.69. The van der Waals surface area contributed by atoms with Crippen LogP contribution in [-0.2, 0) is 11.2 Å². The monoisotopic (exact) mass is 318 g/mol. The molecule has 0 saturated carbocycles. The normalized spacial score (nSPS) is 10.3. The summed E-state index contributed by atoms with van der Waals surface area (Å²) < 4.78 is 0. The van der Waals surface area contributed by atoms with Crippen LogP contribution in [0.5, 0.6) is 0 Å². The number of benzene rings is 2. The van der Waals surface area contributed by atoms with Gasteiger partial charge in [0.1, 0.15) is 0 Å². The summed E-state index contributed by atoms with van der Waals surface area (Å²) in [5, 5.41) is 13.5. The van der Waals surface area contributed by atoms with Crippen molar-refractivity contribution in [1.29, 1.82) is 0 Å². The Kier molecular flexibility index (Phi) is 4.78. The van der Waals surface area contributed by atoms with Crippen LogP contribution < -0.4 is 5.32 Å². The quantitative estimate of drug-likeness (QED) is 0.683. The topological polar surface area (TPSA) is 72.2 Å². The molecule has 0 unspecified atom stereocenters. The minimum Gasteiger partial charge on any atom is -0.324 e. The molecule has 0 fully saturated rings. The fraction of sp³-hybridized carbons (Fsp3) is 0.188. The number of rotatable bonds is 4. The zero-order valence-electron chi connectivity index (χ0n) is 12.2. The van der Waals surface area contributed by atoms with Crippen molar-refractivity contribution in [3.8, 4) is 0 Å². The Balaban J connectivity index is 2.08. The molecule has 1 N–H and O–H groups in total.